The van der Waals surface area contributed by atoms with E-state index < -0.39 is 12.1 Å². The smallest absolute Gasteiger partial charge is 0.311 e. The highest BCUT2D eigenvalue weighted by atomic mass is 35.5. The van der Waals surface area contributed by atoms with Gasteiger partial charge in [-0.2, -0.15) is 18.3 Å². The number of hydrogen-bond acceptors (Lipinski definition) is 2. The summed E-state index contributed by atoms with van der Waals surface area (Å²) in [6.07, 6.45) is -0.813. The van der Waals surface area contributed by atoms with Crippen molar-refractivity contribution in [1.29, 1.82) is 0 Å². The molecule has 1 fully saturated rings. The van der Waals surface area contributed by atoms with E-state index >= 15 is 0 Å². The van der Waals surface area contributed by atoms with Crippen molar-refractivity contribution in [2.75, 3.05) is 7.05 Å². The van der Waals surface area contributed by atoms with Crippen molar-refractivity contribution < 1.29 is 13.2 Å². The number of alkyl halides is 3. The van der Waals surface area contributed by atoms with Crippen LogP contribution in [0.2, 0.25) is 5.02 Å². The molecule has 0 amide bonds. The molecule has 2 rings (SSSR count). The topological polar surface area (TPSA) is 29.9 Å². The minimum absolute atomic E-state index is 0.0757. The average molecular weight is 310 g/mol. The Bertz CT molecular complexity index is 439. The van der Waals surface area contributed by atoms with Crippen LogP contribution in [0.25, 0.3) is 0 Å². The Morgan fingerprint density at radius 3 is 2.65 bits per heavy atom. The Morgan fingerprint density at radius 1 is 1.45 bits per heavy atom. The maximum Gasteiger partial charge on any atom is 0.391 e. The van der Waals surface area contributed by atoms with Crippen molar-refractivity contribution in [3.05, 3.63) is 16.9 Å². The quantitative estimate of drug-likeness (QED) is 0.922. The van der Waals surface area contributed by atoms with Crippen LogP contribution < -0.4 is 5.32 Å². The first-order valence-electron chi connectivity index (χ1n) is 6.76. The molecule has 1 heterocycles. The lowest BCUT2D eigenvalue weighted by Gasteiger charge is -2.35. The summed E-state index contributed by atoms with van der Waals surface area (Å²) in [6, 6.07) is -0.194. The molecular weight excluding hydrogens is 291 g/mol. The molecule has 1 saturated carbocycles. The van der Waals surface area contributed by atoms with Crippen LogP contribution in [0.5, 0.6) is 0 Å². The summed E-state index contributed by atoms with van der Waals surface area (Å²) in [5.41, 5.74) is 0.766. The minimum Gasteiger partial charge on any atom is -0.311 e. The molecule has 0 saturated heterocycles. The molecule has 3 atom stereocenters. The van der Waals surface area contributed by atoms with Gasteiger partial charge in [0.25, 0.3) is 0 Å². The molecule has 1 aromatic heterocycles. The van der Waals surface area contributed by atoms with E-state index in [1.54, 1.807) is 18.8 Å². The molecule has 1 aliphatic carbocycles. The monoisotopic (exact) mass is 309 g/mol. The molecule has 0 radical (unpaired) electrons. The van der Waals surface area contributed by atoms with Gasteiger partial charge < -0.3 is 5.32 Å². The molecule has 1 aliphatic rings. The molecule has 1 N–H and O–H groups in total. The van der Waals surface area contributed by atoms with Gasteiger partial charge in [0.05, 0.1) is 28.9 Å². The highest BCUT2D eigenvalue weighted by Crippen LogP contribution is 2.44. The van der Waals surface area contributed by atoms with Crippen LogP contribution >= 0.6 is 11.6 Å². The zero-order valence-electron chi connectivity index (χ0n) is 11.5. The van der Waals surface area contributed by atoms with E-state index in [4.69, 9.17) is 11.6 Å². The second kappa shape index (κ2) is 5.93. The molecule has 20 heavy (non-hydrogen) atoms. The summed E-state index contributed by atoms with van der Waals surface area (Å²) in [6.45, 7) is 0. The third-order valence-corrected chi connectivity index (χ3v) is 4.48. The van der Waals surface area contributed by atoms with Crippen molar-refractivity contribution >= 4 is 11.6 Å². The molecule has 0 bridgehead atoms. The first-order chi connectivity index (χ1) is 9.34. The molecule has 3 nitrogen and oxygen atoms in total. The normalized spacial score (nSPS) is 25.7. The largest absolute Gasteiger partial charge is 0.391 e. The van der Waals surface area contributed by atoms with Gasteiger partial charge in [-0.3, -0.25) is 4.68 Å². The number of nitrogens with one attached hydrogen (secondary N) is 1. The number of aryl methyl sites for hydroxylation is 1. The predicted octanol–water partition coefficient (Wildman–Crippen LogP) is 3.70. The summed E-state index contributed by atoms with van der Waals surface area (Å²) >= 11 is 6.12. The summed E-state index contributed by atoms with van der Waals surface area (Å²) in [4.78, 5) is 0. The number of aromatic nitrogens is 2. The Balaban J connectivity index is 2.20. The lowest BCUT2D eigenvalue weighted by molar-refractivity contribution is -0.186. The van der Waals surface area contributed by atoms with Gasteiger partial charge in [-0.1, -0.05) is 18.0 Å². The van der Waals surface area contributed by atoms with Crippen molar-refractivity contribution in [2.45, 2.75) is 37.9 Å². The SMILES string of the molecule is CNC(c1c(Cl)cnn1C)C1CCCC(C(F)(F)F)C1. The first-order valence-corrected chi connectivity index (χ1v) is 7.13. The fourth-order valence-electron chi connectivity index (χ4n) is 3.19. The van der Waals surface area contributed by atoms with E-state index in [9.17, 15) is 13.2 Å². The molecule has 1 aromatic rings. The summed E-state index contributed by atoms with van der Waals surface area (Å²) in [5, 5.41) is 7.69. The third kappa shape index (κ3) is 3.11. The van der Waals surface area contributed by atoms with Crippen LogP contribution in [0.15, 0.2) is 6.20 Å². The van der Waals surface area contributed by atoms with Crippen LogP contribution in [-0.2, 0) is 7.05 Å². The Hall–Kier alpha value is -0.750. The Labute approximate surface area is 121 Å². The molecule has 0 aliphatic heterocycles. The minimum atomic E-state index is -4.10. The lowest BCUT2D eigenvalue weighted by Crippen LogP contribution is -2.35. The van der Waals surface area contributed by atoms with Gasteiger partial charge in [-0.25, -0.2) is 0 Å². The van der Waals surface area contributed by atoms with Crippen molar-refractivity contribution in [1.82, 2.24) is 15.1 Å². The fraction of sp³-hybridized carbons (Fsp3) is 0.769. The predicted molar refractivity (Wildman–Crippen MR) is 71.5 cm³/mol. The molecule has 7 heteroatoms. The number of hydrogen-bond donors (Lipinski definition) is 1. The molecule has 114 valence electrons. The van der Waals surface area contributed by atoms with Gasteiger partial charge in [0.2, 0.25) is 0 Å². The lowest BCUT2D eigenvalue weighted by atomic mass is 9.76. The third-order valence-electron chi connectivity index (χ3n) is 4.19. The highest BCUT2D eigenvalue weighted by molar-refractivity contribution is 6.31. The molecule has 3 unspecified atom stereocenters. The highest BCUT2D eigenvalue weighted by Gasteiger charge is 2.44. The van der Waals surface area contributed by atoms with Crippen LogP contribution in [-0.4, -0.2) is 23.0 Å². The van der Waals surface area contributed by atoms with Crippen LogP contribution in [0, 0.1) is 11.8 Å². The first kappa shape index (κ1) is 15.6. The van der Waals surface area contributed by atoms with Crippen LogP contribution in [0.1, 0.15) is 37.4 Å². The van der Waals surface area contributed by atoms with Gasteiger partial charge in [0.1, 0.15) is 0 Å². The van der Waals surface area contributed by atoms with E-state index in [1.807, 2.05) is 0 Å². The van der Waals surface area contributed by atoms with E-state index in [0.717, 1.165) is 12.1 Å². The summed E-state index contributed by atoms with van der Waals surface area (Å²) in [7, 11) is 3.51. The Morgan fingerprint density at radius 2 is 2.15 bits per heavy atom. The molecule has 0 spiro atoms. The number of nitrogens with zero attached hydrogens (tertiary/aromatic N) is 2. The van der Waals surface area contributed by atoms with E-state index in [0.29, 0.717) is 11.4 Å². The van der Waals surface area contributed by atoms with Crippen LogP contribution in [0.4, 0.5) is 13.2 Å². The van der Waals surface area contributed by atoms with E-state index in [2.05, 4.69) is 10.4 Å². The summed E-state index contributed by atoms with van der Waals surface area (Å²) < 4.78 is 40.4. The Kier molecular flexibility index (Phi) is 4.64. The summed E-state index contributed by atoms with van der Waals surface area (Å²) in [5.74, 6) is -1.28. The van der Waals surface area contributed by atoms with E-state index in [-0.39, 0.29) is 24.8 Å². The second-order valence-electron chi connectivity index (χ2n) is 5.43. The maximum atomic E-state index is 12.9. The van der Waals surface area contributed by atoms with Crippen LogP contribution in [0.3, 0.4) is 0 Å². The maximum absolute atomic E-state index is 12.9. The van der Waals surface area contributed by atoms with Gasteiger partial charge in [-0.05, 0) is 32.2 Å². The second-order valence-corrected chi connectivity index (χ2v) is 5.84. The van der Waals surface area contributed by atoms with Gasteiger partial charge >= 0.3 is 6.18 Å². The fourth-order valence-corrected chi connectivity index (χ4v) is 3.48. The van der Waals surface area contributed by atoms with Gasteiger partial charge in [-0.15, -0.1) is 0 Å². The number of rotatable bonds is 3. The van der Waals surface area contributed by atoms with Gasteiger partial charge in [0.15, 0.2) is 0 Å². The van der Waals surface area contributed by atoms with Crippen molar-refractivity contribution in [3.8, 4) is 0 Å². The molecule has 0 aromatic carbocycles. The number of halogens is 4. The average Bonchev–Trinajstić information content (AvgIpc) is 2.71. The van der Waals surface area contributed by atoms with Gasteiger partial charge in [0, 0.05) is 7.05 Å². The standard InChI is InChI=1S/C13H19ClF3N3/c1-18-11(12-10(14)7-19-20(12)2)8-4-3-5-9(6-8)13(15,16)17/h7-9,11,18H,3-6H2,1-2H3. The van der Waals surface area contributed by atoms with E-state index in [1.165, 1.54) is 6.20 Å². The van der Waals surface area contributed by atoms with Crippen molar-refractivity contribution in [3.63, 3.8) is 0 Å². The molecular formula is C13H19ClF3N3. The van der Waals surface area contributed by atoms with Crippen molar-refractivity contribution in [2.24, 2.45) is 18.9 Å². The zero-order valence-corrected chi connectivity index (χ0v) is 12.3. The zero-order chi connectivity index (χ0) is 14.9.